The van der Waals surface area contributed by atoms with Crippen molar-refractivity contribution in [2.24, 2.45) is 0 Å². The molecule has 0 radical (unpaired) electrons. The third-order valence-electron chi connectivity index (χ3n) is 1.22. The first kappa shape index (κ1) is 9.65. The van der Waals surface area contributed by atoms with Gasteiger partial charge in [-0.2, -0.15) is 0 Å². The SMILES string of the molecule is CN[C@@H](CC(=O)S)C(C)=O. The number of Topliss-reactive ketones (excluding diaryl/α,β-unsaturated/α-hetero) is 1. The zero-order chi connectivity index (χ0) is 8.15. The van der Waals surface area contributed by atoms with Gasteiger partial charge in [-0.3, -0.25) is 9.59 Å². The largest absolute Gasteiger partial charge is 0.310 e. The van der Waals surface area contributed by atoms with Gasteiger partial charge in [-0.1, -0.05) is 0 Å². The van der Waals surface area contributed by atoms with Gasteiger partial charge in [-0.15, -0.1) is 12.6 Å². The monoisotopic (exact) mass is 161 g/mol. The van der Waals surface area contributed by atoms with Crippen LogP contribution >= 0.6 is 12.6 Å². The van der Waals surface area contributed by atoms with Gasteiger partial charge in [-0.05, 0) is 14.0 Å². The van der Waals surface area contributed by atoms with E-state index in [-0.39, 0.29) is 23.4 Å². The molecule has 0 aromatic heterocycles. The average molecular weight is 161 g/mol. The number of nitrogens with one attached hydrogen (secondary N) is 1. The van der Waals surface area contributed by atoms with Gasteiger partial charge >= 0.3 is 0 Å². The number of carbonyl (C=O) groups is 2. The van der Waals surface area contributed by atoms with Crippen LogP contribution in [0, 0.1) is 0 Å². The minimum atomic E-state index is -0.370. The normalized spacial score (nSPS) is 12.7. The molecule has 0 amide bonds. The molecule has 0 aromatic carbocycles. The maximum atomic E-state index is 10.7. The van der Waals surface area contributed by atoms with E-state index in [1.807, 2.05) is 0 Å². The summed E-state index contributed by atoms with van der Waals surface area (Å²) in [6.07, 6.45) is 0.162. The van der Waals surface area contributed by atoms with E-state index < -0.39 is 0 Å². The highest BCUT2D eigenvalue weighted by Gasteiger charge is 2.13. The van der Waals surface area contributed by atoms with E-state index in [1.54, 1.807) is 7.05 Å². The average Bonchev–Trinajstić information content (AvgIpc) is 1.81. The van der Waals surface area contributed by atoms with Crippen LogP contribution in [0.1, 0.15) is 13.3 Å². The van der Waals surface area contributed by atoms with Gasteiger partial charge in [-0.25, -0.2) is 0 Å². The van der Waals surface area contributed by atoms with Crippen LogP contribution in [0.2, 0.25) is 0 Å². The second-order valence-corrected chi connectivity index (χ2v) is 2.55. The molecule has 10 heavy (non-hydrogen) atoms. The molecule has 0 aliphatic carbocycles. The van der Waals surface area contributed by atoms with Crippen molar-refractivity contribution in [1.29, 1.82) is 0 Å². The summed E-state index contributed by atoms with van der Waals surface area (Å²) in [5, 5.41) is 2.44. The zero-order valence-electron chi connectivity index (χ0n) is 6.05. The number of likely N-dealkylation sites (N-methyl/N-ethyl adjacent to an activating group) is 1. The summed E-state index contributed by atoms with van der Waals surface area (Å²) >= 11 is 3.55. The van der Waals surface area contributed by atoms with Crippen LogP contribution in [-0.4, -0.2) is 24.0 Å². The molecule has 0 aliphatic rings. The Morgan fingerprint density at radius 3 is 2.20 bits per heavy atom. The number of thiol groups is 1. The third-order valence-corrected chi connectivity index (χ3v) is 1.40. The van der Waals surface area contributed by atoms with E-state index in [9.17, 15) is 9.59 Å². The Labute approximate surface area is 65.6 Å². The molecule has 0 rings (SSSR count). The van der Waals surface area contributed by atoms with E-state index >= 15 is 0 Å². The molecule has 0 aromatic rings. The van der Waals surface area contributed by atoms with Crippen molar-refractivity contribution in [2.75, 3.05) is 7.05 Å². The maximum absolute atomic E-state index is 10.7. The highest BCUT2D eigenvalue weighted by atomic mass is 32.1. The lowest BCUT2D eigenvalue weighted by Gasteiger charge is -2.08. The number of ketones is 1. The number of rotatable bonds is 4. The summed E-state index contributed by atoms with van der Waals surface area (Å²) in [7, 11) is 1.64. The fourth-order valence-corrected chi connectivity index (χ4v) is 0.806. The Balaban J connectivity index is 3.83. The van der Waals surface area contributed by atoms with Crippen LogP contribution in [0.25, 0.3) is 0 Å². The first-order chi connectivity index (χ1) is 4.57. The fourth-order valence-electron chi connectivity index (χ4n) is 0.624. The van der Waals surface area contributed by atoms with Gasteiger partial charge in [0.25, 0.3) is 0 Å². The van der Waals surface area contributed by atoms with E-state index in [0.717, 1.165) is 0 Å². The Bertz CT molecular complexity index is 147. The molecule has 58 valence electrons. The second kappa shape index (κ2) is 4.46. The number of hydrogen-bond acceptors (Lipinski definition) is 3. The van der Waals surface area contributed by atoms with Crippen LogP contribution in [0.5, 0.6) is 0 Å². The van der Waals surface area contributed by atoms with Gasteiger partial charge in [0.05, 0.1) is 6.04 Å². The van der Waals surface area contributed by atoms with E-state index in [2.05, 4.69) is 17.9 Å². The molecule has 0 saturated carbocycles. The van der Waals surface area contributed by atoms with Crippen LogP contribution < -0.4 is 5.32 Å². The molecule has 3 nitrogen and oxygen atoms in total. The molecular formula is C6H11NO2S. The van der Waals surface area contributed by atoms with Crippen molar-refractivity contribution >= 4 is 23.5 Å². The highest BCUT2D eigenvalue weighted by Crippen LogP contribution is 1.96. The Morgan fingerprint density at radius 1 is 1.60 bits per heavy atom. The van der Waals surface area contributed by atoms with Crippen LogP contribution in [0.15, 0.2) is 0 Å². The minimum absolute atomic E-state index is 0.0371. The van der Waals surface area contributed by atoms with E-state index in [4.69, 9.17) is 0 Å². The van der Waals surface area contributed by atoms with Gasteiger partial charge < -0.3 is 5.32 Å². The van der Waals surface area contributed by atoms with Crippen LogP contribution in [-0.2, 0) is 9.59 Å². The third kappa shape index (κ3) is 3.63. The van der Waals surface area contributed by atoms with Gasteiger partial charge in [0, 0.05) is 6.42 Å². The molecular weight excluding hydrogens is 150 g/mol. The van der Waals surface area contributed by atoms with Crippen LogP contribution in [0.3, 0.4) is 0 Å². The second-order valence-electron chi connectivity index (χ2n) is 2.05. The minimum Gasteiger partial charge on any atom is -0.310 e. The van der Waals surface area contributed by atoms with Crippen molar-refractivity contribution < 1.29 is 9.59 Å². The predicted octanol–water partition coefficient (Wildman–Crippen LogP) is 0.00990. The summed E-state index contributed by atoms with van der Waals surface area (Å²) in [6, 6.07) is -0.370. The molecule has 4 heteroatoms. The first-order valence-corrected chi connectivity index (χ1v) is 3.42. The molecule has 0 bridgehead atoms. The molecule has 1 N–H and O–H groups in total. The van der Waals surface area contributed by atoms with Gasteiger partial charge in [0.2, 0.25) is 0 Å². The standard InChI is InChI=1S/C6H11NO2S/c1-4(8)5(7-2)3-6(9)10/h5,7H,3H2,1-2H3,(H,9,10)/t5-/m0/s1. The van der Waals surface area contributed by atoms with Crippen molar-refractivity contribution in [3.8, 4) is 0 Å². The summed E-state index contributed by atoms with van der Waals surface area (Å²) in [4.78, 5) is 21.1. The van der Waals surface area contributed by atoms with Gasteiger partial charge in [0.1, 0.15) is 5.78 Å². The van der Waals surface area contributed by atoms with E-state index in [1.165, 1.54) is 6.92 Å². The van der Waals surface area contributed by atoms with Gasteiger partial charge in [0.15, 0.2) is 5.12 Å². The molecule has 1 atom stereocenters. The lowest BCUT2D eigenvalue weighted by Crippen LogP contribution is -2.33. The van der Waals surface area contributed by atoms with Crippen molar-refractivity contribution in [1.82, 2.24) is 5.32 Å². The topological polar surface area (TPSA) is 46.2 Å². The van der Waals surface area contributed by atoms with E-state index in [0.29, 0.717) is 0 Å². The summed E-state index contributed by atoms with van der Waals surface area (Å²) in [5.74, 6) is -0.0371. The molecule has 0 saturated heterocycles. The predicted molar refractivity (Wildman–Crippen MR) is 42.1 cm³/mol. The lowest BCUT2D eigenvalue weighted by atomic mass is 10.1. The maximum Gasteiger partial charge on any atom is 0.187 e. The number of carbonyl (C=O) groups excluding carboxylic acids is 2. The molecule has 0 heterocycles. The molecule has 0 unspecified atom stereocenters. The van der Waals surface area contributed by atoms with Crippen molar-refractivity contribution in [3.63, 3.8) is 0 Å². The van der Waals surface area contributed by atoms with Crippen molar-refractivity contribution in [2.45, 2.75) is 19.4 Å². The fraction of sp³-hybridized carbons (Fsp3) is 0.667. The Morgan fingerprint density at radius 2 is 2.10 bits per heavy atom. The zero-order valence-corrected chi connectivity index (χ0v) is 6.94. The van der Waals surface area contributed by atoms with Crippen LogP contribution in [0.4, 0.5) is 0 Å². The summed E-state index contributed by atoms with van der Waals surface area (Å²) in [6.45, 7) is 1.44. The molecule has 0 aliphatic heterocycles. The Hall–Kier alpha value is -0.350. The summed E-state index contributed by atoms with van der Waals surface area (Å²) in [5.41, 5.74) is 0. The first-order valence-electron chi connectivity index (χ1n) is 2.97. The highest BCUT2D eigenvalue weighted by molar-refractivity contribution is 7.96. The summed E-state index contributed by atoms with van der Waals surface area (Å²) < 4.78 is 0. The molecule has 0 fully saturated rings. The molecule has 0 spiro atoms. The smallest absolute Gasteiger partial charge is 0.187 e. The quantitative estimate of drug-likeness (QED) is 0.571. The Kier molecular flexibility index (Phi) is 4.31. The number of hydrogen-bond donors (Lipinski definition) is 2. The lowest BCUT2D eigenvalue weighted by molar-refractivity contribution is -0.121. The van der Waals surface area contributed by atoms with Crippen molar-refractivity contribution in [3.05, 3.63) is 0 Å².